The summed E-state index contributed by atoms with van der Waals surface area (Å²) in [5, 5.41) is 24.8. The van der Waals surface area contributed by atoms with Gasteiger partial charge in [-0.3, -0.25) is 39.8 Å². The van der Waals surface area contributed by atoms with E-state index in [0.717, 1.165) is 213 Å². The Bertz CT molecular complexity index is 6040. The minimum Gasteiger partial charge on any atom is -0.481 e. The molecule has 10 N–H and O–H groups in total. The molecule has 2 atom stereocenters. The number of nitrogens with two attached hydrogens (primary N) is 2. The number of carboxylic acids is 2. The lowest BCUT2D eigenvalue weighted by Crippen LogP contribution is -2.59. The van der Waals surface area contributed by atoms with E-state index in [9.17, 15) is 43.5 Å². The Balaban J connectivity index is 0.000000615. The topological polar surface area (TPSA) is 287 Å². The Morgan fingerprint density at radius 3 is 0.774 bits per heavy atom. The third-order valence-electron chi connectivity index (χ3n) is 26.5. The molecule has 17 nitrogen and oxygen atoms in total. The highest BCUT2D eigenvalue weighted by atomic mass is 32.1. The molecule has 2 amide bonds. The van der Waals surface area contributed by atoms with Crippen LogP contribution >= 0.6 is 66.2 Å². The number of carbonyl (C=O) groups excluding carboxylic acids is 2. The van der Waals surface area contributed by atoms with Crippen LogP contribution in [0.1, 0.15) is 350 Å². The average molecular weight is 1970 g/mol. The number of rotatable bonds is 27. The summed E-state index contributed by atoms with van der Waals surface area (Å²) in [7, 11) is -10.6. The number of benzene rings is 10. The van der Waals surface area contributed by atoms with E-state index in [1.54, 1.807) is 10.9 Å². The maximum absolute atomic E-state index is 18.3. The molecule has 0 bridgehead atoms. The van der Waals surface area contributed by atoms with Gasteiger partial charge >= 0.3 is 27.6 Å². The third kappa shape index (κ3) is 24.7. The number of hydrogen-bond donors (Lipinski definition) is 12. The van der Waals surface area contributed by atoms with E-state index in [1.165, 1.54) is 36.4 Å². The van der Waals surface area contributed by atoms with Crippen LogP contribution < -0.4 is 31.6 Å². The highest BCUT2D eigenvalue weighted by Crippen LogP contribution is 2.65. The van der Waals surface area contributed by atoms with Crippen molar-refractivity contribution in [2.24, 2.45) is 11.7 Å². The fourth-order valence-electron chi connectivity index (χ4n) is 19.6. The molecule has 0 aliphatic rings. The van der Waals surface area contributed by atoms with E-state index in [4.69, 9.17) is 62.2 Å². The van der Waals surface area contributed by atoms with Crippen LogP contribution in [0.25, 0.3) is 44.5 Å². The normalized spacial score (nSPS) is 13.6. The molecule has 0 aliphatic heterocycles. The zero-order chi connectivity index (χ0) is 103. The van der Waals surface area contributed by atoms with Crippen molar-refractivity contribution in [1.29, 1.82) is 0 Å². The van der Waals surface area contributed by atoms with Crippen LogP contribution in [-0.4, -0.2) is 43.8 Å². The van der Waals surface area contributed by atoms with Crippen molar-refractivity contribution >= 4 is 89.9 Å². The third-order valence-corrected chi connectivity index (χ3v) is 30.5. The second-order valence-electron chi connectivity index (χ2n) is 45.7. The van der Waals surface area contributed by atoms with Crippen LogP contribution in [0.3, 0.4) is 0 Å². The van der Waals surface area contributed by atoms with E-state index >= 15 is 4.79 Å². The second kappa shape index (κ2) is 41.9. The zero-order valence-electron chi connectivity index (χ0n) is 86.8. The van der Waals surface area contributed by atoms with Crippen molar-refractivity contribution < 1.29 is 61.7 Å². The first-order chi connectivity index (χ1) is 62.8. The number of amides is 2. The number of aryl methyl sites for hydroxylation is 8. The van der Waals surface area contributed by atoms with Crippen LogP contribution in [0.15, 0.2) is 165 Å². The average Bonchev–Trinajstić information content (AvgIpc) is 0.666. The second-order valence-corrected chi connectivity index (χ2v) is 50.5. The molecule has 0 heterocycles. The number of hydrogen-bond acceptors (Lipinski definition) is 15. The van der Waals surface area contributed by atoms with E-state index in [-0.39, 0.29) is 39.2 Å². The SMILES string of the molecule is Cc1cc(S)c(C(C)(C)C)cc1-c1cc(C(C)(C)C)c(C(CCCCCCCCC(=O)O)(c2cc(C)c(-c3cc(C(C)(C)C)c(S)cc3C)cc2C(C)(C)C)C(C(=O)O)(c2cc(C)c(-c3cc(C(C)(C)C)c(S)cc3C)cc2C(C)(C)C)c2cc(C)c(-c3cc(C(C)(C)C)c(S)cc3C)cc2C(C)(C)C)cc1C.NNC(=O)c1ccccc1OP(=O)(O)OP(=O)(O)Oc1ccccc1C(=O)NN. The number of aliphatic carboxylic acids is 2. The predicted octanol–water partition coefficient (Wildman–Crippen LogP) is 29.5. The molecule has 0 saturated carbocycles. The Labute approximate surface area is 838 Å². The van der Waals surface area contributed by atoms with Gasteiger partial charge in [0.05, 0.1) is 11.1 Å². The monoisotopic (exact) mass is 1970 g/mol. The van der Waals surface area contributed by atoms with Crippen molar-refractivity contribution in [3.63, 3.8) is 0 Å². The number of unbranched alkanes of at least 4 members (excludes halogenated alkanes) is 5. The highest BCUT2D eigenvalue weighted by Gasteiger charge is 2.65. The Kier molecular flexibility index (Phi) is 34.2. The maximum atomic E-state index is 18.3. The van der Waals surface area contributed by atoms with Gasteiger partial charge in [0.15, 0.2) is 0 Å². The van der Waals surface area contributed by atoms with Gasteiger partial charge in [0.25, 0.3) is 11.8 Å². The molecule has 137 heavy (non-hydrogen) atoms. The van der Waals surface area contributed by atoms with Gasteiger partial charge in [0, 0.05) is 31.4 Å². The quantitative estimate of drug-likeness (QED) is 0.00569. The number of para-hydroxylation sites is 2. The summed E-state index contributed by atoms with van der Waals surface area (Å²) in [5.41, 5.74) is 25.8. The summed E-state index contributed by atoms with van der Waals surface area (Å²) in [6.07, 6.45) is 5.08. The largest absolute Gasteiger partial charge is 0.537 e. The molecule has 0 saturated heterocycles. The molecule has 10 aromatic carbocycles. The number of thiol groups is 4. The molecule has 0 fully saturated rings. The van der Waals surface area contributed by atoms with Crippen molar-refractivity contribution in [2.45, 2.75) is 347 Å². The number of phosphoric acid groups is 2. The molecule has 0 spiro atoms. The van der Waals surface area contributed by atoms with Gasteiger partial charge < -0.3 is 19.3 Å². The Morgan fingerprint density at radius 2 is 0.533 bits per heavy atom. The van der Waals surface area contributed by atoms with Crippen LogP contribution in [0.2, 0.25) is 0 Å². The van der Waals surface area contributed by atoms with Crippen molar-refractivity contribution in [2.75, 3.05) is 0 Å². The lowest BCUT2D eigenvalue weighted by molar-refractivity contribution is -0.145. The molecule has 738 valence electrons. The van der Waals surface area contributed by atoms with Crippen LogP contribution in [0.4, 0.5) is 0 Å². The number of phosphoric ester groups is 2. The molecular weight excluding hydrogens is 1820 g/mol. The van der Waals surface area contributed by atoms with Gasteiger partial charge in [-0.25, -0.2) is 20.8 Å². The van der Waals surface area contributed by atoms with Gasteiger partial charge in [0.1, 0.15) is 16.9 Å². The standard InChI is InChI=1S/C100H134O4S4.C14H16N4O9P2/c1-57-41-77(73(91(9,10)11)49-65(57)69-53-81(95(21,22)23)85(105)45-61(69)5)99(40-38-36-34-33-35-37-39-89(101)102,78-42-58(2)66(50-74(78)92(12,13)14)70-54-82(96(24,25)26)86(106)46-62(70)6)100(90(103)104,79-43-59(3)67(51-75(79)93(15,16)17)71-55-83(97(27,28)29)87(107)47-63(71)7)80-44-60(4)68(52-76(80)94(18,19)20)72-56-84(98(30,31)32)88(108)48-64(72)8;15-17-13(19)9-5-1-3-7-11(9)25-28(21,22)27-29(23,24)26-12-8-4-2-6-10(12)14(20)18-16/h41-56,105-108H,33-40H2,1-32H3,(H,101,102)(H,103,104);1-8H,15-16H2,(H,17,19)(H,18,20)(H,21,22)(H,23,24). The number of nitrogens with one attached hydrogen (secondary N) is 2. The van der Waals surface area contributed by atoms with E-state index in [2.05, 4.69) is 332 Å². The van der Waals surface area contributed by atoms with E-state index in [0.29, 0.717) is 19.3 Å². The van der Waals surface area contributed by atoms with Crippen LogP contribution in [-0.2, 0) is 77.2 Å². The first kappa shape index (κ1) is 112. The van der Waals surface area contributed by atoms with Crippen molar-refractivity contribution in [3.05, 3.63) is 268 Å². The minimum atomic E-state index is -5.28. The smallest absolute Gasteiger partial charge is 0.481 e. The fraction of sp³-hybridized carbons (Fsp3) is 0.439. The number of nitrogen functional groups attached to an aromatic ring is 2. The minimum absolute atomic E-state index is 0.129. The summed E-state index contributed by atoms with van der Waals surface area (Å²) >= 11 is 20.7. The number of carboxylic acid groups (broad SMARTS) is 2. The highest BCUT2D eigenvalue weighted by molar-refractivity contribution is 7.81. The molecule has 0 aromatic heterocycles. The zero-order valence-corrected chi connectivity index (χ0v) is 92.2. The summed E-state index contributed by atoms with van der Waals surface area (Å²) in [5.74, 6) is 5.70. The van der Waals surface area contributed by atoms with Gasteiger partial charge in [-0.05, 0) is 340 Å². The fourth-order valence-corrected chi connectivity index (χ4v) is 24.1. The van der Waals surface area contributed by atoms with Gasteiger partial charge in [-0.1, -0.05) is 271 Å². The molecule has 0 radical (unpaired) electrons. The van der Waals surface area contributed by atoms with Crippen molar-refractivity contribution in [3.8, 4) is 56.0 Å². The van der Waals surface area contributed by atoms with E-state index < -0.39 is 83.4 Å². The first-order valence-corrected chi connectivity index (χ1v) is 52.0. The van der Waals surface area contributed by atoms with Crippen LogP contribution in [0.5, 0.6) is 11.5 Å². The van der Waals surface area contributed by atoms with Gasteiger partial charge in [0.2, 0.25) is 0 Å². The summed E-state index contributed by atoms with van der Waals surface area (Å²) < 4.78 is 37.9. The lowest BCUT2D eigenvalue weighted by Gasteiger charge is -2.55. The van der Waals surface area contributed by atoms with E-state index in [1.807, 2.05) is 0 Å². The Hall–Kier alpha value is -8.66. The molecule has 10 aromatic rings. The Morgan fingerprint density at radius 1 is 0.314 bits per heavy atom. The van der Waals surface area contributed by atoms with Crippen LogP contribution in [0, 0.1) is 55.4 Å². The summed E-state index contributed by atoms with van der Waals surface area (Å²) in [4.78, 5) is 77.1. The molecule has 23 heteroatoms. The molecule has 10 rings (SSSR count). The molecule has 0 aliphatic carbocycles. The predicted molar refractivity (Wildman–Crippen MR) is 576 cm³/mol. The molecular formula is C114H150N4O13P2S4. The van der Waals surface area contributed by atoms with Crippen molar-refractivity contribution in [1.82, 2.24) is 10.9 Å². The summed E-state index contributed by atoms with van der Waals surface area (Å²) in [6.45, 7) is 72.7. The number of carbonyl (C=O) groups is 4. The maximum Gasteiger partial charge on any atom is 0.537 e. The van der Waals surface area contributed by atoms with Gasteiger partial charge in [-0.2, -0.15) is 4.31 Å². The number of hydrazine groups is 2. The molecule has 2 unspecified atom stereocenters. The van der Waals surface area contributed by atoms with Gasteiger partial charge in [-0.15, -0.1) is 50.5 Å². The summed E-state index contributed by atoms with van der Waals surface area (Å²) in [6, 6.07) is 48.0. The first-order valence-electron chi connectivity index (χ1n) is 47.2. The lowest BCUT2D eigenvalue weighted by atomic mass is 9.45.